The van der Waals surface area contributed by atoms with Gasteiger partial charge < -0.3 is 34.3 Å². The smallest absolute Gasteiger partial charge is 0.397 e. The van der Waals surface area contributed by atoms with Crippen molar-refractivity contribution in [1.82, 2.24) is 0 Å². The van der Waals surface area contributed by atoms with Crippen molar-refractivity contribution in [3.8, 4) is 0 Å². The molecule has 0 aromatic heterocycles. The van der Waals surface area contributed by atoms with Crippen LogP contribution in [0.2, 0.25) is 0 Å². The molecule has 0 aromatic carbocycles. The molecule has 1 aliphatic heterocycles. The molecule has 0 bridgehead atoms. The van der Waals surface area contributed by atoms with E-state index in [-0.39, 0.29) is 19.6 Å². The third-order valence-electron chi connectivity index (χ3n) is 8.47. The molecular formula is C39H68O12S. The number of carbonyl (C=O) groups is 1. The summed E-state index contributed by atoms with van der Waals surface area (Å²) in [5.41, 5.74) is 0. The third-order valence-corrected chi connectivity index (χ3v) is 8.93. The zero-order chi connectivity index (χ0) is 38.3. The zero-order valence-electron chi connectivity index (χ0n) is 31.6. The van der Waals surface area contributed by atoms with Gasteiger partial charge in [-0.3, -0.25) is 9.35 Å². The average Bonchev–Trinajstić information content (AvgIpc) is 3.11. The van der Waals surface area contributed by atoms with Crippen molar-refractivity contribution in [3.63, 3.8) is 0 Å². The number of allylic oxidation sites excluding steroid dienone is 8. The summed E-state index contributed by atoms with van der Waals surface area (Å²) in [5, 5.41) is 30.5. The van der Waals surface area contributed by atoms with Gasteiger partial charge in [-0.2, -0.15) is 8.42 Å². The van der Waals surface area contributed by atoms with E-state index in [9.17, 15) is 28.5 Å². The van der Waals surface area contributed by atoms with Crippen LogP contribution < -0.4 is 0 Å². The van der Waals surface area contributed by atoms with Crippen molar-refractivity contribution in [2.24, 2.45) is 0 Å². The summed E-state index contributed by atoms with van der Waals surface area (Å²) in [5.74, 6) is -0.442. The Morgan fingerprint density at radius 1 is 0.750 bits per heavy atom. The molecule has 1 aliphatic rings. The quantitative estimate of drug-likeness (QED) is 0.0243. The van der Waals surface area contributed by atoms with Gasteiger partial charge in [-0.25, -0.2) is 4.18 Å². The lowest BCUT2D eigenvalue weighted by Gasteiger charge is -2.41. The molecule has 1 heterocycles. The first-order chi connectivity index (χ1) is 25.1. The Balaban J connectivity index is 2.55. The SMILES string of the molecule is CC/C=C\C/C=C\C/C=C\C/C=C\CCCCC(=O)OC(COCCCCCCCCCCCC)COC1OC(CO)C(O)C(OS(=O)(=O)O)C1O. The number of hydrogen-bond acceptors (Lipinski definition) is 11. The Kier molecular flexibility index (Phi) is 29.0. The Bertz CT molecular complexity index is 1110. The topological polar surface area (TPSA) is 178 Å². The predicted molar refractivity (Wildman–Crippen MR) is 202 cm³/mol. The van der Waals surface area contributed by atoms with Crippen LogP contribution in [0.4, 0.5) is 0 Å². The van der Waals surface area contributed by atoms with E-state index in [1.54, 1.807) is 0 Å². The second kappa shape index (κ2) is 31.4. The van der Waals surface area contributed by atoms with Crippen LogP contribution in [0.5, 0.6) is 0 Å². The van der Waals surface area contributed by atoms with Gasteiger partial charge in [0, 0.05) is 13.0 Å². The molecule has 13 heteroatoms. The molecule has 1 fully saturated rings. The van der Waals surface area contributed by atoms with E-state index in [1.807, 2.05) is 0 Å². The fraction of sp³-hybridized carbons (Fsp3) is 0.769. The maximum atomic E-state index is 12.7. The average molecular weight is 761 g/mol. The molecule has 0 spiro atoms. The molecule has 12 nitrogen and oxygen atoms in total. The molecular weight excluding hydrogens is 692 g/mol. The van der Waals surface area contributed by atoms with Gasteiger partial charge in [0.1, 0.15) is 30.5 Å². The zero-order valence-corrected chi connectivity index (χ0v) is 32.4. The van der Waals surface area contributed by atoms with Gasteiger partial charge in [0.15, 0.2) is 6.29 Å². The van der Waals surface area contributed by atoms with E-state index >= 15 is 0 Å². The number of esters is 1. The first-order valence-corrected chi connectivity index (χ1v) is 20.8. The van der Waals surface area contributed by atoms with Gasteiger partial charge in [-0.1, -0.05) is 120 Å². The van der Waals surface area contributed by atoms with Gasteiger partial charge in [0.2, 0.25) is 0 Å². The molecule has 1 rings (SSSR count). The summed E-state index contributed by atoms with van der Waals surface area (Å²) in [6.07, 6.45) is 25.9. The van der Waals surface area contributed by atoms with E-state index in [0.717, 1.165) is 57.8 Å². The van der Waals surface area contributed by atoms with E-state index < -0.39 is 59.8 Å². The number of aliphatic hydroxyl groups is 3. The molecule has 302 valence electrons. The highest BCUT2D eigenvalue weighted by atomic mass is 32.3. The molecule has 0 saturated carbocycles. The van der Waals surface area contributed by atoms with Crippen LogP contribution in [0, 0.1) is 0 Å². The maximum Gasteiger partial charge on any atom is 0.397 e. The van der Waals surface area contributed by atoms with Gasteiger partial charge in [-0.15, -0.1) is 0 Å². The van der Waals surface area contributed by atoms with Crippen molar-refractivity contribution in [3.05, 3.63) is 48.6 Å². The molecule has 52 heavy (non-hydrogen) atoms. The molecule has 0 aliphatic carbocycles. The van der Waals surface area contributed by atoms with Crippen molar-refractivity contribution < 1.29 is 56.2 Å². The normalized spacial score (nSPS) is 22.0. The van der Waals surface area contributed by atoms with Gasteiger partial charge in [-0.05, 0) is 51.4 Å². The second-order valence-electron chi connectivity index (χ2n) is 13.1. The lowest BCUT2D eigenvalue weighted by molar-refractivity contribution is -0.301. The molecule has 6 unspecified atom stereocenters. The fourth-order valence-electron chi connectivity index (χ4n) is 5.54. The molecule has 1 saturated heterocycles. The van der Waals surface area contributed by atoms with E-state index in [2.05, 4.69) is 66.6 Å². The van der Waals surface area contributed by atoms with Crippen molar-refractivity contribution in [2.75, 3.05) is 26.4 Å². The van der Waals surface area contributed by atoms with Crippen LogP contribution in [0.3, 0.4) is 0 Å². The van der Waals surface area contributed by atoms with E-state index in [0.29, 0.717) is 13.0 Å². The molecule has 0 amide bonds. The lowest BCUT2D eigenvalue weighted by Crippen LogP contribution is -2.60. The van der Waals surface area contributed by atoms with Crippen molar-refractivity contribution in [1.29, 1.82) is 0 Å². The predicted octanol–water partition coefficient (Wildman–Crippen LogP) is 6.84. The Hall–Kier alpha value is -1.94. The number of carbonyl (C=O) groups excluding carboxylic acids is 1. The lowest BCUT2D eigenvalue weighted by atomic mass is 9.99. The number of ether oxygens (including phenoxy) is 4. The molecule has 6 atom stereocenters. The summed E-state index contributed by atoms with van der Waals surface area (Å²) < 4.78 is 58.7. The maximum absolute atomic E-state index is 12.7. The number of hydrogen-bond donors (Lipinski definition) is 4. The highest BCUT2D eigenvalue weighted by molar-refractivity contribution is 7.80. The summed E-state index contributed by atoms with van der Waals surface area (Å²) in [4.78, 5) is 12.7. The van der Waals surface area contributed by atoms with Crippen LogP contribution in [-0.4, -0.2) is 97.5 Å². The fourth-order valence-corrected chi connectivity index (χ4v) is 6.05. The number of rotatable bonds is 32. The Morgan fingerprint density at radius 2 is 1.33 bits per heavy atom. The van der Waals surface area contributed by atoms with Gasteiger partial charge in [0.05, 0.1) is 19.8 Å². The minimum atomic E-state index is -5.06. The summed E-state index contributed by atoms with van der Waals surface area (Å²) >= 11 is 0. The standard InChI is InChI=1S/C39H68O12S/c1-3-5-7-9-11-13-15-16-17-18-19-20-22-24-26-28-35(41)49-33(31-47-29-27-25-23-21-14-12-10-8-6-4-2)32-48-39-37(43)38(51-52(44,45)46)36(42)34(30-40)50-39/h5,7,11,13,16-17,19-20,33-34,36-40,42-43H,3-4,6,8-10,12,14-15,18,21-32H2,1-2H3,(H,44,45,46)/b7-5-,13-11-,17-16-,20-19-. The molecule has 0 radical (unpaired) electrons. The van der Waals surface area contributed by atoms with Crippen LogP contribution >= 0.6 is 0 Å². The monoisotopic (exact) mass is 760 g/mol. The molecule has 0 aromatic rings. The van der Waals surface area contributed by atoms with E-state index in [4.69, 9.17) is 23.5 Å². The van der Waals surface area contributed by atoms with Crippen molar-refractivity contribution in [2.45, 2.75) is 166 Å². The third kappa shape index (κ3) is 25.1. The summed E-state index contributed by atoms with van der Waals surface area (Å²) in [7, 11) is -5.06. The van der Waals surface area contributed by atoms with E-state index in [1.165, 1.54) is 44.9 Å². The summed E-state index contributed by atoms with van der Waals surface area (Å²) in [6, 6.07) is 0. The highest BCUT2D eigenvalue weighted by Crippen LogP contribution is 2.26. The number of aliphatic hydroxyl groups excluding tert-OH is 3. The summed E-state index contributed by atoms with van der Waals surface area (Å²) in [6.45, 7) is 3.78. The second-order valence-corrected chi connectivity index (χ2v) is 14.2. The van der Waals surface area contributed by atoms with Gasteiger partial charge >= 0.3 is 16.4 Å². The first-order valence-electron chi connectivity index (χ1n) is 19.4. The van der Waals surface area contributed by atoms with Crippen LogP contribution in [0.25, 0.3) is 0 Å². The largest absolute Gasteiger partial charge is 0.457 e. The minimum absolute atomic E-state index is 0.0188. The highest BCUT2D eigenvalue weighted by Gasteiger charge is 2.48. The van der Waals surface area contributed by atoms with Crippen LogP contribution in [0.15, 0.2) is 48.6 Å². The van der Waals surface area contributed by atoms with Crippen molar-refractivity contribution >= 4 is 16.4 Å². The van der Waals surface area contributed by atoms with Gasteiger partial charge in [0.25, 0.3) is 0 Å². The molecule has 4 N–H and O–H groups in total. The Labute approximate surface area is 313 Å². The number of unbranched alkanes of at least 4 members (excludes halogenated alkanes) is 11. The van der Waals surface area contributed by atoms with Crippen LogP contribution in [-0.2, 0) is 38.3 Å². The minimum Gasteiger partial charge on any atom is -0.457 e. The first kappa shape index (κ1) is 48.1. The Morgan fingerprint density at radius 3 is 1.90 bits per heavy atom. The van der Waals surface area contributed by atoms with Crippen LogP contribution in [0.1, 0.15) is 129 Å².